The van der Waals surface area contributed by atoms with Crippen LogP contribution in [0, 0.1) is 0 Å². The van der Waals surface area contributed by atoms with E-state index in [4.69, 9.17) is 11.6 Å². The van der Waals surface area contributed by atoms with Crippen molar-refractivity contribution >= 4 is 54.1 Å². The van der Waals surface area contributed by atoms with E-state index in [9.17, 15) is 0 Å². The van der Waals surface area contributed by atoms with Gasteiger partial charge in [0.15, 0.2) is 0 Å². The van der Waals surface area contributed by atoms with Crippen LogP contribution in [0.15, 0.2) is 42.6 Å². The molecule has 0 aliphatic carbocycles. The molecule has 2 nitrogen and oxygen atoms in total. The fourth-order valence-electron chi connectivity index (χ4n) is 2.28. The van der Waals surface area contributed by atoms with Crippen molar-refractivity contribution in [3.8, 4) is 0 Å². The number of nitrogens with zero attached hydrogens (tertiary/aromatic N) is 2. The van der Waals surface area contributed by atoms with Crippen molar-refractivity contribution in [2.75, 3.05) is 0 Å². The topological polar surface area (TPSA) is 25.8 Å². The van der Waals surface area contributed by atoms with Gasteiger partial charge in [0.05, 0.1) is 6.20 Å². The van der Waals surface area contributed by atoms with E-state index in [1.54, 1.807) is 17.5 Å². The van der Waals surface area contributed by atoms with Gasteiger partial charge in [-0.2, -0.15) is 0 Å². The maximum atomic E-state index is 5.96. The van der Waals surface area contributed by atoms with E-state index in [0.717, 1.165) is 15.7 Å². The number of rotatable bonds is 0. The van der Waals surface area contributed by atoms with Crippen LogP contribution in [0.3, 0.4) is 0 Å². The largest absolute Gasteiger partial charge is 0.240 e. The molecule has 86 valence electrons. The highest BCUT2D eigenvalue weighted by Gasteiger charge is 2.10. The molecule has 0 saturated carbocycles. The fraction of sp³-hybridized carbons (Fsp3) is 0. The molecule has 2 aromatic heterocycles. The third kappa shape index (κ3) is 1.35. The average Bonchev–Trinajstić information content (AvgIpc) is 2.77. The average molecular weight is 271 g/mol. The molecule has 4 rings (SSSR count). The lowest BCUT2D eigenvalue weighted by atomic mass is 10.1. The molecule has 0 radical (unpaired) electrons. The summed E-state index contributed by atoms with van der Waals surface area (Å²) in [4.78, 5) is 9.71. The first kappa shape index (κ1) is 10.2. The van der Waals surface area contributed by atoms with Crippen LogP contribution in [0.2, 0.25) is 5.15 Å². The first-order valence-electron chi connectivity index (χ1n) is 5.55. The van der Waals surface area contributed by atoms with E-state index in [0.29, 0.717) is 5.15 Å². The number of benzene rings is 2. The summed E-state index contributed by atoms with van der Waals surface area (Å²) < 4.78 is 1.20. The molecule has 2 aromatic carbocycles. The molecule has 0 amide bonds. The summed E-state index contributed by atoms with van der Waals surface area (Å²) in [7, 11) is 0. The van der Waals surface area contributed by atoms with Crippen LogP contribution in [0.1, 0.15) is 0 Å². The first-order valence-corrected chi connectivity index (χ1v) is 6.75. The highest BCUT2D eigenvalue weighted by atomic mass is 35.5. The van der Waals surface area contributed by atoms with E-state index in [1.807, 2.05) is 12.1 Å². The molecule has 0 aliphatic rings. The summed E-state index contributed by atoms with van der Waals surface area (Å²) >= 11 is 7.61. The molecule has 0 unspecified atom stereocenters. The van der Waals surface area contributed by atoms with Gasteiger partial charge in [-0.05, 0) is 16.8 Å². The van der Waals surface area contributed by atoms with E-state index < -0.39 is 0 Å². The number of halogens is 1. The lowest BCUT2D eigenvalue weighted by Crippen LogP contribution is -1.80. The minimum Gasteiger partial charge on any atom is -0.240 e. The zero-order chi connectivity index (χ0) is 12.1. The molecule has 0 saturated heterocycles. The molecule has 0 bridgehead atoms. The summed E-state index contributed by atoms with van der Waals surface area (Å²) in [6.07, 6.45) is 1.60. The fourth-order valence-corrected chi connectivity index (χ4v) is 3.42. The molecule has 4 heteroatoms. The zero-order valence-electron chi connectivity index (χ0n) is 9.22. The maximum absolute atomic E-state index is 5.96. The highest BCUT2D eigenvalue weighted by molar-refractivity contribution is 7.25. The molecular formula is C14H7ClN2S. The Hall–Kier alpha value is -1.71. The van der Waals surface area contributed by atoms with Gasteiger partial charge in [-0.25, -0.2) is 9.97 Å². The van der Waals surface area contributed by atoms with Crippen molar-refractivity contribution in [2.24, 2.45) is 0 Å². The first-order chi connectivity index (χ1) is 8.83. The third-order valence-corrected chi connectivity index (χ3v) is 4.28. The monoisotopic (exact) mass is 270 g/mol. The minimum absolute atomic E-state index is 0.440. The van der Waals surface area contributed by atoms with Gasteiger partial charge in [0.1, 0.15) is 15.5 Å². The molecule has 0 fully saturated rings. The summed E-state index contributed by atoms with van der Waals surface area (Å²) in [5.74, 6) is 0. The summed E-state index contributed by atoms with van der Waals surface area (Å²) in [5.41, 5.74) is 0.902. The van der Waals surface area contributed by atoms with Gasteiger partial charge in [0.25, 0.3) is 0 Å². The van der Waals surface area contributed by atoms with Gasteiger partial charge in [-0.15, -0.1) is 11.3 Å². The Morgan fingerprint density at radius 3 is 2.89 bits per heavy atom. The standard InChI is InChI=1S/C14H7ClN2S/c15-11-7-16-14-13(17-11)12-9-4-2-1-3-8(9)5-6-10(12)18-14/h1-7H. The highest BCUT2D eigenvalue weighted by Crippen LogP contribution is 2.36. The summed E-state index contributed by atoms with van der Waals surface area (Å²) in [6.45, 7) is 0. The Labute approximate surface area is 112 Å². The molecular weight excluding hydrogens is 264 g/mol. The van der Waals surface area contributed by atoms with Crippen molar-refractivity contribution in [1.29, 1.82) is 0 Å². The van der Waals surface area contributed by atoms with Crippen LogP contribution < -0.4 is 0 Å². The van der Waals surface area contributed by atoms with Crippen LogP contribution in [-0.2, 0) is 0 Å². The molecule has 0 spiro atoms. The Morgan fingerprint density at radius 1 is 1.06 bits per heavy atom. The second-order valence-corrected chi connectivity index (χ2v) is 5.53. The van der Waals surface area contributed by atoms with Gasteiger partial charge < -0.3 is 0 Å². The molecule has 0 aliphatic heterocycles. The van der Waals surface area contributed by atoms with Crippen LogP contribution in [0.25, 0.3) is 31.2 Å². The Kier molecular flexibility index (Phi) is 2.07. The smallest absolute Gasteiger partial charge is 0.148 e. The van der Waals surface area contributed by atoms with Crippen molar-refractivity contribution < 1.29 is 0 Å². The van der Waals surface area contributed by atoms with Gasteiger partial charge in [0, 0.05) is 10.1 Å². The molecule has 0 atom stereocenters. The van der Waals surface area contributed by atoms with Gasteiger partial charge >= 0.3 is 0 Å². The zero-order valence-corrected chi connectivity index (χ0v) is 10.8. The van der Waals surface area contributed by atoms with Crippen molar-refractivity contribution in [2.45, 2.75) is 0 Å². The number of fused-ring (bicyclic) bond motifs is 5. The van der Waals surface area contributed by atoms with Gasteiger partial charge in [0.2, 0.25) is 0 Å². The van der Waals surface area contributed by atoms with Gasteiger partial charge in [-0.1, -0.05) is 41.9 Å². The molecule has 4 aromatic rings. The number of aromatic nitrogens is 2. The van der Waals surface area contributed by atoms with Crippen LogP contribution in [0.4, 0.5) is 0 Å². The Balaban J connectivity index is 2.35. The lowest BCUT2D eigenvalue weighted by Gasteiger charge is -1.99. The van der Waals surface area contributed by atoms with E-state index in [2.05, 4.69) is 34.2 Å². The predicted octanol–water partition coefficient (Wildman–Crippen LogP) is 4.65. The van der Waals surface area contributed by atoms with Crippen LogP contribution >= 0.6 is 22.9 Å². The number of hydrogen-bond acceptors (Lipinski definition) is 3. The molecule has 2 heterocycles. The van der Waals surface area contributed by atoms with E-state index in [1.165, 1.54) is 15.5 Å². The number of hydrogen-bond donors (Lipinski definition) is 0. The lowest BCUT2D eigenvalue weighted by molar-refractivity contribution is 1.32. The summed E-state index contributed by atoms with van der Waals surface area (Å²) in [5, 5.41) is 4.02. The predicted molar refractivity (Wildman–Crippen MR) is 77.4 cm³/mol. The van der Waals surface area contributed by atoms with Crippen LogP contribution in [0.5, 0.6) is 0 Å². The maximum Gasteiger partial charge on any atom is 0.148 e. The van der Waals surface area contributed by atoms with E-state index >= 15 is 0 Å². The van der Waals surface area contributed by atoms with E-state index in [-0.39, 0.29) is 0 Å². The second-order valence-electron chi connectivity index (χ2n) is 4.11. The van der Waals surface area contributed by atoms with Crippen molar-refractivity contribution in [1.82, 2.24) is 9.97 Å². The molecule has 18 heavy (non-hydrogen) atoms. The quantitative estimate of drug-likeness (QED) is 0.465. The van der Waals surface area contributed by atoms with Crippen LogP contribution in [-0.4, -0.2) is 9.97 Å². The Bertz CT molecular complexity index is 898. The normalized spacial score (nSPS) is 11.6. The van der Waals surface area contributed by atoms with Crippen molar-refractivity contribution in [3.63, 3.8) is 0 Å². The third-order valence-electron chi connectivity index (χ3n) is 3.04. The Morgan fingerprint density at radius 2 is 1.94 bits per heavy atom. The van der Waals surface area contributed by atoms with Gasteiger partial charge in [-0.3, -0.25) is 0 Å². The number of thiophene rings is 1. The van der Waals surface area contributed by atoms with Crippen molar-refractivity contribution in [3.05, 3.63) is 47.7 Å². The SMILES string of the molecule is Clc1cnc2sc3ccc4ccccc4c3c2n1. The second kappa shape index (κ2) is 3.64. The minimum atomic E-state index is 0.440. The summed E-state index contributed by atoms with van der Waals surface area (Å²) in [6, 6.07) is 12.6. The molecule has 0 N–H and O–H groups in total.